The van der Waals surface area contributed by atoms with Crippen molar-refractivity contribution in [1.82, 2.24) is 15.1 Å². The smallest absolute Gasteiger partial charge is 0.233 e. The van der Waals surface area contributed by atoms with Gasteiger partial charge in [-0.05, 0) is 12.8 Å². The van der Waals surface area contributed by atoms with Crippen molar-refractivity contribution in [3.8, 4) is 0 Å². The Labute approximate surface area is 103 Å². The van der Waals surface area contributed by atoms with E-state index >= 15 is 0 Å². The van der Waals surface area contributed by atoms with E-state index in [0.717, 1.165) is 39.3 Å². The zero-order valence-electron chi connectivity index (χ0n) is 10.7. The molecule has 0 saturated carbocycles. The van der Waals surface area contributed by atoms with Gasteiger partial charge in [0, 0.05) is 46.4 Å². The molecular weight excluding hydrogens is 218 g/mol. The number of piperazine rings is 1. The molecule has 2 fully saturated rings. The first-order valence-electron chi connectivity index (χ1n) is 6.55. The molecule has 17 heavy (non-hydrogen) atoms. The molecule has 0 aliphatic carbocycles. The zero-order chi connectivity index (χ0) is 12.1. The van der Waals surface area contributed by atoms with E-state index < -0.39 is 0 Å². The van der Waals surface area contributed by atoms with Gasteiger partial charge in [-0.3, -0.25) is 14.6 Å². The third-order valence-electron chi connectivity index (χ3n) is 3.60. The van der Waals surface area contributed by atoms with E-state index in [1.54, 1.807) is 7.05 Å². The molecule has 1 N–H and O–H groups in total. The van der Waals surface area contributed by atoms with Crippen LogP contribution in [0.4, 0.5) is 0 Å². The maximum absolute atomic E-state index is 11.3. The van der Waals surface area contributed by atoms with Crippen LogP contribution in [0.2, 0.25) is 0 Å². The first kappa shape index (κ1) is 12.8. The predicted octanol–water partition coefficient (Wildman–Crippen LogP) is -0.471. The van der Waals surface area contributed by atoms with Crippen molar-refractivity contribution in [3.63, 3.8) is 0 Å². The third-order valence-corrected chi connectivity index (χ3v) is 3.60. The molecule has 0 aromatic carbocycles. The third kappa shape index (κ3) is 3.94. The van der Waals surface area contributed by atoms with Gasteiger partial charge in [0.25, 0.3) is 0 Å². The Balaban J connectivity index is 1.65. The average molecular weight is 241 g/mol. The van der Waals surface area contributed by atoms with Gasteiger partial charge in [-0.25, -0.2) is 0 Å². The first-order chi connectivity index (χ1) is 8.28. The second-order valence-electron chi connectivity index (χ2n) is 4.88. The second-order valence-corrected chi connectivity index (χ2v) is 4.88. The van der Waals surface area contributed by atoms with Crippen molar-refractivity contribution in [2.45, 2.75) is 18.9 Å². The maximum Gasteiger partial charge on any atom is 0.233 e. The molecular formula is C12H23N3O2. The van der Waals surface area contributed by atoms with Crippen molar-refractivity contribution in [1.29, 1.82) is 0 Å². The molecule has 0 bridgehead atoms. The highest BCUT2D eigenvalue weighted by molar-refractivity contribution is 5.77. The van der Waals surface area contributed by atoms with Gasteiger partial charge in [0.1, 0.15) is 0 Å². The Kier molecular flexibility index (Phi) is 4.76. The van der Waals surface area contributed by atoms with E-state index in [1.165, 1.54) is 12.8 Å². The summed E-state index contributed by atoms with van der Waals surface area (Å²) < 4.78 is 5.65. The van der Waals surface area contributed by atoms with Gasteiger partial charge in [0.05, 0.1) is 12.6 Å². The van der Waals surface area contributed by atoms with Crippen LogP contribution in [-0.4, -0.2) is 74.7 Å². The molecule has 5 nitrogen and oxygen atoms in total. The topological polar surface area (TPSA) is 44.8 Å². The average Bonchev–Trinajstić information content (AvgIpc) is 2.84. The van der Waals surface area contributed by atoms with Crippen LogP contribution in [0.1, 0.15) is 12.8 Å². The largest absolute Gasteiger partial charge is 0.377 e. The van der Waals surface area contributed by atoms with E-state index in [1.807, 2.05) is 0 Å². The molecule has 0 aromatic heterocycles. The summed E-state index contributed by atoms with van der Waals surface area (Å²) in [6.07, 6.45) is 2.86. The minimum atomic E-state index is 0.109. The van der Waals surface area contributed by atoms with Crippen LogP contribution in [0.25, 0.3) is 0 Å². The number of nitrogens with zero attached hydrogens (tertiary/aromatic N) is 2. The van der Waals surface area contributed by atoms with Crippen LogP contribution in [0.15, 0.2) is 0 Å². The Hall–Kier alpha value is -0.650. The van der Waals surface area contributed by atoms with Gasteiger partial charge < -0.3 is 10.1 Å². The van der Waals surface area contributed by atoms with Crippen molar-refractivity contribution in [2.24, 2.45) is 0 Å². The number of likely N-dealkylation sites (N-methyl/N-ethyl adjacent to an activating group) is 1. The Morgan fingerprint density at radius 2 is 2.00 bits per heavy atom. The molecule has 2 rings (SSSR count). The number of nitrogens with one attached hydrogen (secondary N) is 1. The minimum Gasteiger partial charge on any atom is -0.377 e. The molecule has 2 saturated heterocycles. The highest BCUT2D eigenvalue weighted by Crippen LogP contribution is 2.14. The molecule has 1 atom stereocenters. The minimum absolute atomic E-state index is 0.109. The normalized spacial score (nSPS) is 27.2. The molecule has 1 unspecified atom stereocenters. The lowest BCUT2D eigenvalue weighted by Gasteiger charge is -2.35. The van der Waals surface area contributed by atoms with Crippen molar-refractivity contribution in [2.75, 3.05) is 52.9 Å². The summed E-state index contributed by atoms with van der Waals surface area (Å²) in [6.45, 7) is 6.60. The Morgan fingerprint density at radius 3 is 2.59 bits per heavy atom. The standard InChI is InChI=1S/C12H23N3O2/c1-13-12(16)10-15-6-4-14(5-7-15)9-11-3-2-8-17-11/h11H,2-10H2,1H3,(H,13,16). The van der Waals surface area contributed by atoms with Gasteiger partial charge in [-0.1, -0.05) is 0 Å². The summed E-state index contributed by atoms with van der Waals surface area (Å²) in [6, 6.07) is 0. The fourth-order valence-electron chi connectivity index (χ4n) is 2.49. The molecule has 98 valence electrons. The number of carbonyl (C=O) groups excluding carboxylic acids is 1. The molecule has 1 amide bonds. The van der Waals surface area contributed by atoms with Gasteiger partial charge in [-0.2, -0.15) is 0 Å². The van der Waals surface area contributed by atoms with Gasteiger partial charge in [-0.15, -0.1) is 0 Å². The highest BCUT2D eigenvalue weighted by Gasteiger charge is 2.23. The van der Waals surface area contributed by atoms with Crippen LogP contribution >= 0.6 is 0 Å². The molecule has 0 radical (unpaired) electrons. The second kappa shape index (κ2) is 6.33. The van der Waals surface area contributed by atoms with Gasteiger partial charge in [0.2, 0.25) is 5.91 Å². The summed E-state index contributed by atoms with van der Waals surface area (Å²) in [7, 11) is 1.69. The van der Waals surface area contributed by atoms with Crippen molar-refractivity contribution >= 4 is 5.91 Å². The highest BCUT2D eigenvalue weighted by atomic mass is 16.5. The first-order valence-corrected chi connectivity index (χ1v) is 6.55. The van der Waals surface area contributed by atoms with Crippen LogP contribution < -0.4 is 5.32 Å². The lowest BCUT2D eigenvalue weighted by Crippen LogP contribution is -2.50. The molecule has 2 heterocycles. The summed E-state index contributed by atoms with van der Waals surface area (Å²) in [5.74, 6) is 0.109. The van der Waals surface area contributed by atoms with Crippen LogP contribution in [0, 0.1) is 0 Å². The number of hydrogen-bond donors (Lipinski definition) is 1. The number of ether oxygens (including phenoxy) is 1. The van der Waals surface area contributed by atoms with Crippen LogP contribution in [0.3, 0.4) is 0 Å². The summed E-state index contributed by atoms with van der Waals surface area (Å²) in [5.41, 5.74) is 0. The lowest BCUT2D eigenvalue weighted by molar-refractivity contribution is -0.122. The number of rotatable bonds is 4. The van der Waals surface area contributed by atoms with E-state index in [9.17, 15) is 4.79 Å². The molecule has 0 spiro atoms. The zero-order valence-corrected chi connectivity index (χ0v) is 10.7. The van der Waals surface area contributed by atoms with E-state index in [0.29, 0.717) is 12.6 Å². The predicted molar refractivity (Wildman–Crippen MR) is 65.9 cm³/mol. The lowest BCUT2D eigenvalue weighted by atomic mass is 10.2. The van der Waals surface area contributed by atoms with E-state index in [-0.39, 0.29) is 5.91 Å². The van der Waals surface area contributed by atoms with Crippen LogP contribution in [-0.2, 0) is 9.53 Å². The molecule has 2 aliphatic rings. The monoisotopic (exact) mass is 241 g/mol. The Bertz CT molecular complexity index is 246. The molecule has 0 aromatic rings. The fraction of sp³-hybridized carbons (Fsp3) is 0.917. The maximum atomic E-state index is 11.3. The quantitative estimate of drug-likeness (QED) is 0.723. The number of hydrogen-bond acceptors (Lipinski definition) is 4. The number of amides is 1. The van der Waals surface area contributed by atoms with Gasteiger partial charge in [0.15, 0.2) is 0 Å². The van der Waals surface area contributed by atoms with Crippen molar-refractivity contribution < 1.29 is 9.53 Å². The van der Waals surface area contributed by atoms with Crippen molar-refractivity contribution in [3.05, 3.63) is 0 Å². The fourth-order valence-corrected chi connectivity index (χ4v) is 2.49. The summed E-state index contributed by atoms with van der Waals surface area (Å²) >= 11 is 0. The van der Waals surface area contributed by atoms with Crippen LogP contribution in [0.5, 0.6) is 0 Å². The van der Waals surface area contributed by atoms with E-state index in [4.69, 9.17) is 4.74 Å². The summed E-state index contributed by atoms with van der Waals surface area (Å²) in [4.78, 5) is 15.9. The Morgan fingerprint density at radius 1 is 1.29 bits per heavy atom. The molecule has 5 heteroatoms. The molecule has 2 aliphatic heterocycles. The van der Waals surface area contributed by atoms with Gasteiger partial charge >= 0.3 is 0 Å². The van der Waals surface area contributed by atoms with E-state index in [2.05, 4.69) is 15.1 Å². The summed E-state index contributed by atoms with van der Waals surface area (Å²) in [5, 5.41) is 2.67. The SMILES string of the molecule is CNC(=O)CN1CCN(CC2CCCO2)CC1. The number of carbonyl (C=O) groups is 1.